The monoisotopic (exact) mass is 330 g/mol. The van der Waals surface area contributed by atoms with Crippen LogP contribution in [0.1, 0.15) is 6.92 Å². The molecule has 1 aromatic carbocycles. The summed E-state index contributed by atoms with van der Waals surface area (Å²) in [4.78, 5) is 11.8. The average Bonchev–Trinajstić information content (AvgIpc) is 2.30. The molecular weight excluding hydrogens is 315 g/mol. The van der Waals surface area contributed by atoms with Gasteiger partial charge in [-0.3, -0.25) is 4.79 Å². The van der Waals surface area contributed by atoms with E-state index in [9.17, 15) is 9.18 Å². The van der Waals surface area contributed by atoms with Gasteiger partial charge in [0.2, 0.25) is 0 Å². The van der Waals surface area contributed by atoms with Gasteiger partial charge in [-0.1, -0.05) is 0 Å². The zero-order valence-electron chi connectivity index (χ0n) is 10.6. The fourth-order valence-corrected chi connectivity index (χ4v) is 2.14. The van der Waals surface area contributed by atoms with Crippen molar-refractivity contribution < 1.29 is 13.9 Å². The zero-order valence-corrected chi connectivity index (χ0v) is 12.2. The van der Waals surface area contributed by atoms with Crippen LogP contribution in [-0.4, -0.2) is 31.6 Å². The molecule has 0 spiro atoms. The van der Waals surface area contributed by atoms with Gasteiger partial charge in [0.1, 0.15) is 11.6 Å². The van der Waals surface area contributed by atoms with E-state index in [-0.39, 0.29) is 11.7 Å². The van der Waals surface area contributed by atoms with Crippen molar-refractivity contribution in [3.8, 4) is 5.75 Å². The van der Waals surface area contributed by atoms with Gasteiger partial charge in [-0.25, -0.2) is 4.39 Å². The van der Waals surface area contributed by atoms with Gasteiger partial charge in [0.05, 0.1) is 4.47 Å². The summed E-state index contributed by atoms with van der Waals surface area (Å²) in [5.74, 6) is 0.444. The molecule has 1 aromatic rings. The number of rotatable bonds is 5. The summed E-state index contributed by atoms with van der Waals surface area (Å²) in [5.41, 5.74) is 0. The number of carbonyl (C=O) groups excluding carboxylic acids is 1. The highest BCUT2D eigenvalue weighted by atomic mass is 79.9. The van der Waals surface area contributed by atoms with E-state index in [4.69, 9.17) is 4.74 Å². The van der Waals surface area contributed by atoms with E-state index < -0.39 is 6.10 Å². The van der Waals surface area contributed by atoms with Gasteiger partial charge in [0.15, 0.2) is 6.10 Å². The maximum atomic E-state index is 12.9. The molecule has 1 unspecified atom stereocenters. The highest BCUT2D eigenvalue weighted by Crippen LogP contribution is 2.26. The minimum atomic E-state index is -0.616. The first kappa shape index (κ1) is 14.3. The number of benzene rings is 1. The number of hydrogen-bond donors (Lipinski definition) is 2. The topological polar surface area (TPSA) is 50.4 Å². The molecule has 1 heterocycles. The quantitative estimate of drug-likeness (QED) is 0.863. The molecule has 1 saturated heterocycles. The lowest BCUT2D eigenvalue weighted by atomic mass is 10.0. The number of ether oxygens (including phenoxy) is 1. The van der Waals surface area contributed by atoms with E-state index in [1.54, 1.807) is 6.92 Å². The van der Waals surface area contributed by atoms with Gasteiger partial charge in [0, 0.05) is 25.6 Å². The Balaban J connectivity index is 1.84. The van der Waals surface area contributed by atoms with Crippen LogP contribution in [0, 0.1) is 11.7 Å². The molecule has 2 rings (SSSR count). The first-order valence-corrected chi connectivity index (χ1v) is 6.95. The largest absolute Gasteiger partial charge is 0.480 e. The van der Waals surface area contributed by atoms with Gasteiger partial charge in [-0.2, -0.15) is 0 Å². The Morgan fingerprint density at radius 3 is 2.95 bits per heavy atom. The van der Waals surface area contributed by atoms with Crippen LogP contribution in [0.25, 0.3) is 0 Å². The Morgan fingerprint density at radius 2 is 2.37 bits per heavy atom. The summed E-state index contributed by atoms with van der Waals surface area (Å²) < 4.78 is 18.9. The van der Waals surface area contributed by atoms with Crippen molar-refractivity contribution in [3.63, 3.8) is 0 Å². The second kappa shape index (κ2) is 6.34. The van der Waals surface area contributed by atoms with E-state index in [2.05, 4.69) is 26.6 Å². The third-order valence-corrected chi connectivity index (χ3v) is 3.62. The zero-order chi connectivity index (χ0) is 13.8. The van der Waals surface area contributed by atoms with Crippen LogP contribution < -0.4 is 15.4 Å². The Hall–Kier alpha value is -1.14. The molecule has 4 nitrogen and oxygen atoms in total. The fraction of sp³-hybridized carbons (Fsp3) is 0.462. The lowest BCUT2D eigenvalue weighted by molar-refractivity contribution is -0.127. The van der Waals surface area contributed by atoms with Gasteiger partial charge in [-0.15, -0.1) is 0 Å². The lowest BCUT2D eigenvalue weighted by Gasteiger charge is -2.27. The summed E-state index contributed by atoms with van der Waals surface area (Å²) in [7, 11) is 0. The molecule has 6 heteroatoms. The number of hydrogen-bond acceptors (Lipinski definition) is 3. The Bertz CT molecular complexity index is 466. The molecule has 0 bridgehead atoms. The molecule has 19 heavy (non-hydrogen) atoms. The Labute approximate surface area is 119 Å². The molecule has 1 fully saturated rings. The summed E-state index contributed by atoms with van der Waals surface area (Å²) in [6.07, 6.45) is -0.616. The van der Waals surface area contributed by atoms with Gasteiger partial charge < -0.3 is 15.4 Å². The van der Waals surface area contributed by atoms with Crippen LogP contribution in [0.5, 0.6) is 5.75 Å². The molecule has 0 aromatic heterocycles. The third kappa shape index (κ3) is 3.91. The maximum Gasteiger partial charge on any atom is 0.260 e. The van der Waals surface area contributed by atoms with E-state index >= 15 is 0 Å². The van der Waals surface area contributed by atoms with Crippen LogP contribution in [-0.2, 0) is 4.79 Å². The van der Waals surface area contributed by atoms with Crippen molar-refractivity contribution in [2.24, 2.45) is 5.92 Å². The summed E-state index contributed by atoms with van der Waals surface area (Å²) in [6, 6.07) is 4.10. The first-order chi connectivity index (χ1) is 9.06. The van der Waals surface area contributed by atoms with Gasteiger partial charge in [-0.05, 0) is 41.1 Å². The molecular formula is C13H16BrFN2O2. The highest BCUT2D eigenvalue weighted by Gasteiger charge is 2.20. The second-order valence-electron chi connectivity index (χ2n) is 4.60. The minimum Gasteiger partial charge on any atom is -0.480 e. The van der Waals surface area contributed by atoms with Crippen LogP contribution >= 0.6 is 15.9 Å². The molecule has 1 aliphatic heterocycles. The minimum absolute atomic E-state index is 0.164. The fourth-order valence-electron chi connectivity index (χ4n) is 1.70. The standard InChI is InChI=1S/C13H16BrFN2O2/c1-8(13(18)17-7-9-5-16-6-9)19-12-3-2-10(15)4-11(12)14/h2-4,8-9,16H,5-7H2,1H3,(H,17,18). The normalized spacial score (nSPS) is 16.6. The SMILES string of the molecule is CC(Oc1ccc(F)cc1Br)C(=O)NCC1CNC1. The molecule has 0 aliphatic carbocycles. The average molecular weight is 331 g/mol. The van der Waals surface area contributed by atoms with Crippen molar-refractivity contribution in [2.75, 3.05) is 19.6 Å². The van der Waals surface area contributed by atoms with Crippen molar-refractivity contribution in [3.05, 3.63) is 28.5 Å². The number of amides is 1. The molecule has 0 radical (unpaired) electrons. The van der Waals surface area contributed by atoms with Crippen LogP contribution in [0.2, 0.25) is 0 Å². The van der Waals surface area contributed by atoms with Gasteiger partial charge in [0.25, 0.3) is 5.91 Å². The van der Waals surface area contributed by atoms with Crippen LogP contribution in [0.3, 0.4) is 0 Å². The van der Waals surface area contributed by atoms with Crippen molar-refractivity contribution >= 4 is 21.8 Å². The van der Waals surface area contributed by atoms with Crippen molar-refractivity contribution in [1.82, 2.24) is 10.6 Å². The van der Waals surface area contributed by atoms with E-state index in [0.29, 0.717) is 22.7 Å². The molecule has 1 aliphatic rings. The summed E-state index contributed by atoms with van der Waals surface area (Å²) >= 11 is 3.20. The first-order valence-electron chi connectivity index (χ1n) is 6.16. The number of halogens is 2. The van der Waals surface area contributed by atoms with Crippen molar-refractivity contribution in [1.29, 1.82) is 0 Å². The molecule has 1 atom stereocenters. The van der Waals surface area contributed by atoms with Crippen molar-refractivity contribution in [2.45, 2.75) is 13.0 Å². The number of carbonyl (C=O) groups is 1. The maximum absolute atomic E-state index is 12.9. The van der Waals surface area contributed by atoms with E-state index in [1.165, 1.54) is 18.2 Å². The summed E-state index contributed by atoms with van der Waals surface area (Å²) in [5, 5.41) is 5.98. The third-order valence-electron chi connectivity index (χ3n) is 3.00. The highest BCUT2D eigenvalue weighted by molar-refractivity contribution is 9.10. The van der Waals surface area contributed by atoms with E-state index in [0.717, 1.165) is 13.1 Å². The van der Waals surface area contributed by atoms with Crippen LogP contribution in [0.4, 0.5) is 4.39 Å². The predicted molar refractivity (Wildman–Crippen MR) is 73.6 cm³/mol. The Kier molecular flexibility index (Phi) is 4.76. The summed E-state index contributed by atoms with van der Waals surface area (Å²) in [6.45, 7) is 4.21. The molecule has 2 N–H and O–H groups in total. The van der Waals surface area contributed by atoms with Gasteiger partial charge >= 0.3 is 0 Å². The van der Waals surface area contributed by atoms with Crippen LogP contribution in [0.15, 0.2) is 22.7 Å². The second-order valence-corrected chi connectivity index (χ2v) is 5.46. The van der Waals surface area contributed by atoms with E-state index in [1.807, 2.05) is 0 Å². The number of nitrogens with one attached hydrogen (secondary N) is 2. The molecule has 0 saturated carbocycles. The Morgan fingerprint density at radius 1 is 1.63 bits per heavy atom. The molecule has 104 valence electrons. The lowest BCUT2D eigenvalue weighted by Crippen LogP contribution is -2.49. The molecule has 1 amide bonds. The predicted octanol–water partition coefficient (Wildman–Crippen LogP) is 1.69. The smallest absolute Gasteiger partial charge is 0.260 e.